The van der Waals surface area contributed by atoms with E-state index in [-0.39, 0.29) is 22.0 Å². The number of carbonyl (C=O) groups excluding carboxylic acids is 2. The molecule has 2 N–H and O–H groups in total. The molecular weight excluding hydrogens is 366 g/mol. The molecule has 0 saturated carbocycles. The smallest absolute Gasteiger partial charge is 0.387 e. The number of aromatic nitrogens is 1. The lowest BCUT2D eigenvalue weighted by Gasteiger charge is -2.09. The third kappa shape index (κ3) is 3.52. The summed E-state index contributed by atoms with van der Waals surface area (Å²) in [7, 11) is 0. The third-order valence-corrected chi connectivity index (χ3v) is 4.03. The molecule has 8 heteroatoms. The molecule has 0 atom stereocenters. The summed E-state index contributed by atoms with van der Waals surface area (Å²) >= 11 is 5.84. The number of hydrogen-bond donors (Lipinski definition) is 2. The number of fused-ring (bicyclic) bond motifs is 1. The van der Waals surface area contributed by atoms with Gasteiger partial charge in [0.1, 0.15) is 5.75 Å². The van der Waals surface area contributed by atoms with Gasteiger partial charge in [-0.05, 0) is 31.2 Å². The van der Waals surface area contributed by atoms with Crippen LogP contribution < -0.4 is 10.1 Å². The number of H-pyrrole nitrogens is 1. The van der Waals surface area contributed by atoms with Crippen LogP contribution in [0.3, 0.4) is 0 Å². The first-order valence-corrected chi connectivity index (χ1v) is 7.92. The lowest BCUT2D eigenvalue weighted by molar-refractivity contribution is -0.112. The average Bonchev–Trinajstić information content (AvgIpc) is 2.92. The minimum absolute atomic E-state index is 0.112. The van der Waals surface area contributed by atoms with E-state index in [2.05, 4.69) is 15.0 Å². The summed E-state index contributed by atoms with van der Waals surface area (Å²) in [6.07, 6.45) is 0. The number of amides is 1. The minimum Gasteiger partial charge on any atom is -0.433 e. The van der Waals surface area contributed by atoms with Crippen molar-refractivity contribution in [3.63, 3.8) is 0 Å². The molecule has 0 saturated heterocycles. The predicted octanol–water partition coefficient (Wildman–Crippen LogP) is 4.55. The Morgan fingerprint density at radius 2 is 1.92 bits per heavy atom. The van der Waals surface area contributed by atoms with Crippen molar-refractivity contribution >= 4 is 39.9 Å². The number of nitrogens with one attached hydrogen (secondary N) is 2. The summed E-state index contributed by atoms with van der Waals surface area (Å²) in [5.41, 5.74) is 1.79. The number of anilines is 1. The van der Waals surface area contributed by atoms with E-state index in [0.29, 0.717) is 11.1 Å². The van der Waals surface area contributed by atoms with Crippen LogP contribution in [-0.4, -0.2) is 23.3 Å². The number of aryl methyl sites for hydroxylation is 1. The molecule has 0 spiro atoms. The molecular formula is C18H13ClF2N2O3. The fourth-order valence-corrected chi connectivity index (χ4v) is 2.87. The Labute approximate surface area is 151 Å². The van der Waals surface area contributed by atoms with E-state index in [1.165, 1.54) is 18.2 Å². The van der Waals surface area contributed by atoms with Crippen molar-refractivity contribution in [1.82, 2.24) is 4.98 Å². The number of para-hydroxylation sites is 1. The van der Waals surface area contributed by atoms with Crippen molar-refractivity contribution in [1.29, 1.82) is 0 Å². The van der Waals surface area contributed by atoms with Crippen molar-refractivity contribution in [2.24, 2.45) is 0 Å². The van der Waals surface area contributed by atoms with Crippen LogP contribution in [0.15, 0.2) is 42.5 Å². The van der Waals surface area contributed by atoms with Gasteiger partial charge in [-0.25, -0.2) is 0 Å². The summed E-state index contributed by atoms with van der Waals surface area (Å²) in [5.74, 6) is -1.81. The van der Waals surface area contributed by atoms with E-state index < -0.39 is 18.3 Å². The minimum atomic E-state index is -3.01. The molecule has 0 radical (unpaired) electrons. The Kier molecular flexibility index (Phi) is 4.90. The molecule has 0 aliphatic rings. The number of ketones is 1. The average molecular weight is 379 g/mol. The van der Waals surface area contributed by atoms with Gasteiger partial charge >= 0.3 is 6.61 Å². The van der Waals surface area contributed by atoms with E-state index in [9.17, 15) is 18.4 Å². The number of ether oxygens (including phenoxy) is 1. The lowest BCUT2D eigenvalue weighted by Crippen LogP contribution is -2.23. The molecule has 5 nitrogen and oxygen atoms in total. The number of aromatic amines is 1. The van der Waals surface area contributed by atoms with Gasteiger partial charge in [-0.15, -0.1) is 0 Å². The second kappa shape index (κ2) is 7.13. The van der Waals surface area contributed by atoms with Gasteiger partial charge in [0.25, 0.3) is 11.7 Å². The van der Waals surface area contributed by atoms with Crippen LogP contribution in [0.1, 0.15) is 16.1 Å². The summed E-state index contributed by atoms with van der Waals surface area (Å²) in [6, 6.07) is 10.9. The zero-order valence-electron chi connectivity index (χ0n) is 13.5. The summed E-state index contributed by atoms with van der Waals surface area (Å²) < 4.78 is 28.7. The number of carbonyl (C=O) groups is 2. The topological polar surface area (TPSA) is 71.2 Å². The van der Waals surface area contributed by atoms with Gasteiger partial charge in [-0.3, -0.25) is 9.59 Å². The number of halogens is 3. The summed E-state index contributed by atoms with van der Waals surface area (Å²) in [5, 5.41) is 2.94. The molecule has 1 amide bonds. The highest BCUT2D eigenvalue weighted by atomic mass is 35.5. The molecule has 1 heterocycles. The zero-order valence-corrected chi connectivity index (χ0v) is 14.2. The lowest BCUT2D eigenvalue weighted by atomic mass is 10.1. The van der Waals surface area contributed by atoms with Gasteiger partial charge in [-0.2, -0.15) is 8.78 Å². The SMILES string of the molecule is Cc1[nH]c2ccccc2c1C(=O)C(=O)Nc1ccc(OC(F)F)c(Cl)c1. The molecule has 0 aliphatic carbocycles. The van der Waals surface area contributed by atoms with Crippen LogP contribution in [0.4, 0.5) is 14.5 Å². The Morgan fingerprint density at radius 3 is 2.62 bits per heavy atom. The molecule has 26 heavy (non-hydrogen) atoms. The molecule has 3 aromatic rings. The van der Waals surface area contributed by atoms with E-state index >= 15 is 0 Å². The van der Waals surface area contributed by atoms with Gasteiger partial charge in [0, 0.05) is 22.3 Å². The predicted molar refractivity (Wildman–Crippen MR) is 94.1 cm³/mol. The fourth-order valence-electron chi connectivity index (χ4n) is 2.64. The van der Waals surface area contributed by atoms with E-state index in [1.807, 2.05) is 6.07 Å². The molecule has 0 bridgehead atoms. The third-order valence-electron chi connectivity index (χ3n) is 3.73. The van der Waals surface area contributed by atoms with E-state index in [1.54, 1.807) is 25.1 Å². The molecule has 0 aliphatic heterocycles. The monoisotopic (exact) mass is 378 g/mol. The fraction of sp³-hybridized carbons (Fsp3) is 0.111. The van der Waals surface area contributed by atoms with Crippen LogP contribution in [0, 0.1) is 6.92 Å². The molecule has 0 fully saturated rings. The largest absolute Gasteiger partial charge is 0.433 e. The van der Waals surface area contributed by atoms with Crippen LogP contribution in [0.5, 0.6) is 5.75 Å². The maximum atomic E-state index is 12.6. The molecule has 134 valence electrons. The van der Waals surface area contributed by atoms with E-state index in [4.69, 9.17) is 11.6 Å². The highest BCUT2D eigenvalue weighted by Crippen LogP contribution is 2.29. The second-order valence-corrected chi connectivity index (χ2v) is 5.88. The Bertz CT molecular complexity index is 1000. The van der Waals surface area contributed by atoms with Crippen molar-refractivity contribution in [2.45, 2.75) is 13.5 Å². The number of Topliss-reactive ketones (excluding diaryl/α,β-unsaturated/α-hetero) is 1. The normalized spacial score (nSPS) is 11.0. The second-order valence-electron chi connectivity index (χ2n) is 5.48. The van der Waals surface area contributed by atoms with Gasteiger partial charge < -0.3 is 15.0 Å². The number of hydrogen-bond acceptors (Lipinski definition) is 3. The van der Waals surface area contributed by atoms with Gasteiger partial charge in [-0.1, -0.05) is 29.8 Å². The van der Waals surface area contributed by atoms with Gasteiger partial charge in [0.05, 0.1) is 10.6 Å². The van der Waals surface area contributed by atoms with Crippen molar-refractivity contribution < 1.29 is 23.1 Å². The van der Waals surface area contributed by atoms with Crippen LogP contribution in [0.25, 0.3) is 10.9 Å². The quantitative estimate of drug-likeness (QED) is 0.505. The molecule has 0 unspecified atom stereocenters. The van der Waals surface area contributed by atoms with Crippen molar-refractivity contribution in [2.75, 3.05) is 5.32 Å². The first-order chi connectivity index (χ1) is 12.4. The molecule has 3 rings (SSSR count). The van der Waals surface area contributed by atoms with Gasteiger partial charge in [0.15, 0.2) is 0 Å². The maximum Gasteiger partial charge on any atom is 0.387 e. The Hall–Kier alpha value is -2.93. The van der Waals surface area contributed by atoms with Crippen LogP contribution in [-0.2, 0) is 4.79 Å². The highest BCUT2D eigenvalue weighted by molar-refractivity contribution is 6.48. The first-order valence-electron chi connectivity index (χ1n) is 7.54. The zero-order chi connectivity index (χ0) is 18.8. The molecule has 2 aromatic carbocycles. The number of rotatable bonds is 5. The van der Waals surface area contributed by atoms with Crippen LogP contribution in [0.2, 0.25) is 5.02 Å². The summed E-state index contributed by atoms with van der Waals surface area (Å²) in [4.78, 5) is 27.9. The summed E-state index contributed by atoms with van der Waals surface area (Å²) in [6.45, 7) is -1.31. The van der Waals surface area contributed by atoms with Crippen molar-refractivity contribution in [3.8, 4) is 5.75 Å². The maximum absolute atomic E-state index is 12.6. The Balaban J connectivity index is 1.82. The first kappa shape index (κ1) is 17.9. The number of alkyl halides is 2. The van der Waals surface area contributed by atoms with Crippen molar-refractivity contribution in [3.05, 3.63) is 58.7 Å². The van der Waals surface area contributed by atoms with E-state index in [0.717, 1.165) is 5.52 Å². The number of benzene rings is 2. The standard InChI is InChI=1S/C18H13ClF2N2O3/c1-9-15(11-4-2-3-5-13(11)22-9)16(24)17(25)23-10-6-7-14(12(19)8-10)26-18(20)21/h2-8,18,22H,1H3,(H,23,25). The molecule has 1 aromatic heterocycles. The van der Waals surface area contributed by atoms with Crippen LogP contribution >= 0.6 is 11.6 Å². The Morgan fingerprint density at radius 1 is 1.19 bits per heavy atom. The highest BCUT2D eigenvalue weighted by Gasteiger charge is 2.23. The van der Waals surface area contributed by atoms with Gasteiger partial charge in [0.2, 0.25) is 0 Å².